The molecule has 3 aromatic rings. The molecule has 3 amide bonds. The lowest BCUT2D eigenvalue weighted by molar-refractivity contribution is -0.134. The van der Waals surface area contributed by atoms with Crippen LogP contribution in [0, 0.1) is 5.41 Å². The molecule has 4 heterocycles. The zero-order valence-corrected chi connectivity index (χ0v) is 24.3. The second kappa shape index (κ2) is 9.51. The number of carbonyl (C=O) groups is 3. The Hall–Kier alpha value is -3.52. The predicted octanol–water partition coefficient (Wildman–Crippen LogP) is 5.00. The first kappa shape index (κ1) is 26.4. The molecule has 1 aliphatic carbocycles. The van der Waals surface area contributed by atoms with Gasteiger partial charge in [0.2, 0.25) is 11.8 Å². The van der Waals surface area contributed by atoms with E-state index in [0.29, 0.717) is 29.9 Å². The van der Waals surface area contributed by atoms with Crippen molar-refractivity contribution in [2.75, 3.05) is 18.0 Å². The van der Waals surface area contributed by atoms with Crippen molar-refractivity contribution in [2.45, 2.75) is 89.8 Å². The average Bonchev–Trinajstić information content (AvgIpc) is 3.49. The minimum Gasteiger partial charge on any atom is -0.298 e. The Bertz CT molecular complexity index is 1570. The number of anilines is 1. The lowest BCUT2D eigenvalue weighted by atomic mass is 9.69. The molecule has 214 valence electrons. The molecule has 2 aromatic carbocycles. The van der Waals surface area contributed by atoms with Gasteiger partial charge in [-0.1, -0.05) is 31.5 Å². The Morgan fingerprint density at radius 3 is 2.61 bits per heavy atom. The number of carbonyl (C=O) groups excluding carboxylic acids is 3. The number of amides is 3. The number of piperidine rings is 2. The quantitative estimate of drug-likeness (QED) is 0.434. The predicted molar refractivity (Wildman–Crippen MR) is 158 cm³/mol. The van der Waals surface area contributed by atoms with Crippen molar-refractivity contribution in [1.82, 2.24) is 20.0 Å². The van der Waals surface area contributed by atoms with Gasteiger partial charge in [0.15, 0.2) is 0 Å². The van der Waals surface area contributed by atoms with Crippen LogP contribution in [0.15, 0.2) is 42.7 Å². The Balaban J connectivity index is 1.11. The number of aromatic nitrogens is 2. The molecule has 2 unspecified atom stereocenters. The molecule has 7 rings (SSSR count). The van der Waals surface area contributed by atoms with Gasteiger partial charge >= 0.3 is 0 Å². The van der Waals surface area contributed by atoms with Gasteiger partial charge in [-0.25, -0.2) is 0 Å². The Morgan fingerprint density at radius 2 is 1.88 bits per heavy atom. The Morgan fingerprint density at radius 1 is 1.05 bits per heavy atom. The van der Waals surface area contributed by atoms with E-state index in [4.69, 9.17) is 5.10 Å². The molecule has 0 bridgehead atoms. The Labute approximate surface area is 241 Å². The number of hydrogen-bond donors (Lipinski definition) is 1. The first-order valence-corrected chi connectivity index (χ1v) is 15.1. The summed E-state index contributed by atoms with van der Waals surface area (Å²) in [5, 5.41) is 9.13. The van der Waals surface area contributed by atoms with Gasteiger partial charge in [0.05, 0.1) is 17.9 Å². The zero-order chi connectivity index (χ0) is 28.5. The number of hydrogen-bond acceptors (Lipinski definition) is 5. The second-order valence-electron chi connectivity index (χ2n) is 13.7. The molecule has 8 nitrogen and oxygen atoms in total. The third-order valence-electron chi connectivity index (χ3n) is 10.2. The second-order valence-corrected chi connectivity index (χ2v) is 13.7. The monoisotopic (exact) mass is 553 g/mol. The van der Waals surface area contributed by atoms with E-state index in [1.807, 2.05) is 24.4 Å². The van der Waals surface area contributed by atoms with Crippen molar-refractivity contribution in [3.63, 3.8) is 0 Å². The standard InChI is InChI=1S/C33H39N5O3/c1-32(2)17-23(12-15-36(32)20-33(3)13-5-14-33)37-19-21(18-34-37)16-22-8-9-26-29-24(22)6-4-7-25(29)31(41)38(26)27-10-11-28(39)35-30(27)40/h4,6-9,18-19,23,27H,5,10-17,20H2,1-3H3,(H,35,39,40). The third kappa shape index (κ3) is 4.47. The summed E-state index contributed by atoms with van der Waals surface area (Å²) in [7, 11) is 0. The van der Waals surface area contributed by atoms with Crippen LogP contribution in [0.4, 0.5) is 5.69 Å². The van der Waals surface area contributed by atoms with Crippen LogP contribution in [0.5, 0.6) is 0 Å². The van der Waals surface area contributed by atoms with E-state index in [2.05, 4.69) is 54.0 Å². The largest absolute Gasteiger partial charge is 0.298 e. The van der Waals surface area contributed by atoms with Gasteiger partial charge in [-0.3, -0.25) is 34.2 Å². The molecule has 3 aliphatic heterocycles. The molecule has 2 atom stereocenters. The van der Waals surface area contributed by atoms with Crippen LogP contribution in [0.2, 0.25) is 0 Å². The molecule has 0 spiro atoms. The van der Waals surface area contributed by atoms with Crippen LogP contribution in [0.3, 0.4) is 0 Å². The smallest absolute Gasteiger partial charge is 0.259 e. The van der Waals surface area contributed by atoms with Gasteiger partial charge in [-0.05, 0) is 80.0 Å². The van der Waals surface area contributed by atoms with E-state index in [-0.39, 0.29) is 23.8 Å². The summed E-state index contributed by atoms with van der Waals surface area (Å²) in [5.41, 5.74) is 4.29. The maximum atomic E-state index is 13.5. The molecule has 1 saturated carbocycles. The van der Waals surface area contributed by atoms with E-state index in [1.165, 1.54) is 25.8 Å². The average molecular weight is 554 g/mol. The highest BCUT2D eigenvalue weighted by molar-refractivity contribution is 6.27. The number of benzene rings is 2. The minimum atomic E-state index is -0.674. The molecule has 41 heavy (non-hydrogen) atoms. The van der Waals surface area contributed by atoms with Gasteiger partial charge in [-0.15, -0.1) is 0 Å². The van der Waals surface area contributed by atoms with Crippen molar-refractivity contribution < 1.29 is 14.4 Å². The maximum Gasteiger partial charge on any atom is 0.259 e. The number of nitrogens with zero attached hydrogens (tertiary/aromatic N) is 4. The summed E-state index contributed by atoms with van der Waals surface area (Å²) in [6.45, 7) is 9.52. The first-order chi connectivity index (χ1) is 19.6. The fourth-order valence-electron chi connectivity index (χ4n) is 7.68. The van der Waals surface area contributed by atoms with E-state index in [9.17, 15) is 14.4 Å². The molecular weight excluding hydrogens is 514 g/mol. The SMILES string of the molecule is CC1(CN2CCC(n3cc(Cc4ccc5c6c(cccc46)C(=O)N5C4CCC(=O)NC4=O)cn3)CC2(C)C)CCC1. The molecule has 2 saturated heterocycles. The number of rotatable bonds is 6. The van der Waals surface area contributed by atoms with Gasteiger partial charge in [-0.2, -0.15) is 5.10 Å². The van der Waals surface area contributed by atoms with Crippen LogP contribution < -0.4 is 10.2 Å². The van der Waals surface area contributed by atoms with Crippen molar-refractivity contribution in [2.24, 2.45) is 5.41 Å². The van der Waals surface area contributed by atoms with Crippen molar-refractivity contribution in [1.29, 1.82) is 0 Å². The van der Waals surface area contributed by atoms with E-state index in [0.717, 1.165) is 47.0 Å². The topological polar surface area (TPSA) is 87.5 Å². The van der Waals surface area contributed by atoms with Crippen molar-refractivity contribution in [3.8, 4) is 0 Å². The summed E-state index contributed by atoms with van der Waals surface area (Å²) in [6, 6.07) is 9.55. The highest BCUT2D eigenvalue weighted by Crippen LogP contribution is 2.45. The van der Waals surface area contributed by atoms with Gasteiger partial charge in [0.1, 0.15) is 6.04 Å². The number of imide groups is 1. The number of nitrogens with one attached hydrogen (secondary N) is 1. The van der Waals surface area contributed by atoms with Crippen LogP contribution in [0.1, 0.15) is 93.2 Å². The lowest BCUT2D eigenvalue weighted by Crippen LogP contribution is -2.54. The van der Waals surface area contributed by atoms with E-state index >= 15 is 0 Å². The van der Waals surface area contributed by atoms with Crippen LogP contribution in [-0.4, -0.2) is 57.1 Å². The molecule has 1 aromatic heterocycles. The van der Waals surface area contributed by atoms with Crippen LogP contribution in [0.25, 0.3) is 10.8 Å². The normalized spacial score (nSPS) is 25.4. The van der Waals surface area contributed by atoms with Crippen LogP contribution in [-0.2, 0) is 16.0 Å². The van der Waals surface area contributed by atoms with Gasteiger partial charge in [0.25, 0.3) is 5.91 Å². The summed E-state index contributed by atoms with van der Waals surface area (Å²) in [6.07, 6.45) is 11.7. The fraction of sp³-hybridized carbons (Fsp3) is 0.515. The van der Waals surface area contributed by atoms with Crippen molar-refractivity contribution >= 4 is 34.2 Å². The third-order valence-corrected chi connectivity index (χ3v) is 10.2. The fourth-order valence-corrected chi connectivity index (χ4v) is 7.68. The van der Waals surface area contributed by atoms with Crippen LogP contribution >= 0.6 is 0 Å². The van der Waals surface area contributed by atoms with E-state index in [1.54, 1.807) is 4.90 Å². The minimum absolute atomic E-state index is 0.145. The van der Waals surface area contributed by atoms with Gasteiger partial charge in [0, 0.05) is 48.6 Å². The lowest BCUT2D eigenvalue weighted by Gasteiger charge is -2.51. The maximum absolute atomic E-state index is 13.5. The summed E-state index contributed by atoms with van der Waals surface area (Å²) in [4.78, 5) is 42.1. The summed E-state index contributed by atoms with van der Waals surface area (Å²) < 4.78 is 2.17. The molecule has 8 heteroatoms. The van der Waals surface area contributed by atoms with E-state index < -0.39 is 11.9 Å². The molecule has 1 N–H and O–H groups in total. The van der Waals surface area contributed by atoms with Crippen molar-refractivity contribution in [3.05, 3.63) is 59.4 Å². The Kier molecular flexibility index (Phi) is 6.12. The number of likely N-dealkylation sites (tertiary alicyclic amines) is 1. The molecule has 0 radical (unpaired) electrons. The summed E-state index contributed by atoms with van der Waals surface area (Å²) >= 11 is 0. The highest BCUT2D eigenvalue weighted by atomic mass is 16.2. The zero-order valence-electron chi connectivity index (χ0n) is 24.3. The highest BCUT2D eigenvalue weighted by Gasteiger charge is 2.42. The summed E-state index contributed by atoms with van der Waals surface area (Å²) in [5.74, 6) is -0.864. The molecule has 4 aliphatic rings. The molecular formula is C33H39N5O3. The first-order valence-electron chi connectivity index (χ1n) is 15.1. The molecule has 3 fully saturated rings. The van der Waals surface area contributed by atoms with Gasteiger partial charge < -0.3 is 0 Å².